The zero-order valence-electron chi connectivity index (χ0n) is 14.5. The Kier molecular flexibility index (Phi) is 6.26. The van der Waals surface area contributed by atoms with Gasteiger partial charge in [0.25, 0.3) is 0 Å². The molecule has 0 saturated carbocycles. The highest BCUT2D eigenvalue weighted by molar-refractivity contribution is 5.68. The van der Waals surface area contributed by atoms with Crippen molar-refractivity contribution >= 4 is 6.09 Å². The molecular weight excluding hydrogens is 266 g/mol. The van der Waals surface area contributed by atoms with Crippen LogP contribution in [0.15, 0.2) is 11.6 Å². The number of hydrogen-bond acceptors (Lipinski definition) is 3. The summed E-state index contributed by atoms with van der Waals surface area (Å²) in [5.74, 6) is 0. The van der Waals surface area contributed by atoms with Gasteiger partial charge in [0.05, 0.1) is 12.2 Å². The number of amides is 1. The summed E-state index contributed by atoms with van der Waals surface area (Å²) in [5, 5.41) is 0. The average molecular weight is 297 g/mol. The van der Waals surface area contributed by atoms with Crippen LogP contribution in [0.5, 0.6) is 0 Å². The lowest BCUT2D eigenvalue weighted by Crippen LogP contribution is -2.49. The number of allylic oxidation sites excluding steroid dienone is 1. The second-order valence-electron chi connectivity index (χ2n) is 7.10. The van der Waals surface area contributed by atoms with Gasteiger partial charge in [-0.05, 0) is 53.9 Å². The van der Waals surface area contributed by atoms with Gasteiger partial charge in [-0.3, -0.25) is 0 Å². The minimum Gasteiger partial charge on any atom is -0.444 e. The predicted octanol–water partition coefficient (Wildman–Crippen LogP) is 4.15. The minimum absolute atomic E-state index is 0.0928. The highest BCUT2D eigenvalue weighted by Crippen LogP contribution is 2.30. The fourth-order valence-electron chi connectivity index (χ4n) is 2.41. The lowest BCUT2D eigenvalue weighted by atomic mass is 9.88. The van der Waals surface area contributed by atoms with E-state index in [0.717, 1.165) is 19.3 Å². The molecule has 1 aliphatic rings. The van der Waals surface area contributed by atoms with Crippen molar-refractivity contribution in [1.82, 2.24) is 4.90 Å². The van der Waals surface area contributed by atoms with Gasteiger partial charge in [0, 0.05) is 13.1 Å². The normalized spacial score (nSPS) is 18.3. The first-order valence-corrected chi connectivity index (χ1v) is 7.93. The number of ether oxygens (including phenoxy) is 2. The fraction of sp³-hybridized carbons (Fsp3) is 0.824. The minimum atomic E-state index is -0.434. The number of likely N-dealkylation sites (tertiary alicyclic amines) is 1. The molecule has 0 aliphatic carbocycles. The molecule has 4 nitrogen and oxygen atoms in total. The van der Waals surface area contributed by atoms with Gasteiger partial charge in [-0.2, -0.15) is 0 Å². The Morgan fingerprint density at radius 3 is 2.24 bits per heavy atom. The average Bonchev–Trinajstić information content (AvgIpc) is 2.37. The fourth-order valence-corrected chi connectivity index (χ4v) is 2.41. The van der Waals surface area contributed by atoms with Gasteiger partial charge >= 0.3 is 6.09 Å². The second-order valence-corrected chi connectivity index (χ2v) is 7.10. The van der Waals surface area contributed by atoms with E-state index in [4.69, 9.17) is 9.47 Å². The van der Waals surface area contributed by atoms with Crippen molar-refractivity contribution in [3.63, 3.8) is 0 Å². The molecule has 1 saturated heterocycles. The zero-order chi connectivity index (χ0) is 16.1. The van der Waals surface area contributed by atoms with Gasteiger partial charge in [-0.25, -0.2) is 4.79 Å². The largest absolute Gasteiger partial charge is 0.444 e. The van der Waals surface area contributed by atoms with Crippen molar-refractivity contribution in [3.05, 3.63) is 11.6 Å². The first kappa shape index (κ1) is 18.0. The molecule has 0 unspecified atom stereocenters. The lowest BCUT2D eigenvalue weighted by molar-refractivity contribution is -0.0765. The molecule has 1 rings (SSSR count). The van der Waals surface area contributed by atoms with Crippen LogP contribution in [0.3, 0.4) is 0 Å². The monoisotopic (exact) mass is 297 g/mol. The number of carbonyl (C=O) groups excluding carboxylic acids is 1. The number of hydrogen-bond donors (Lipinski definition) is 0. The van der Waals surface area contributed by atoms with E-state index in [9.17, 15) is 4.79 Å². The molecular formula is C17H31NO3. The number of carbonyl (C=O) groups is 1. The Labute approximate surface area is 129 Å². The molecule has 1 aliphatic heterocycles. The molecule has 1 fully saturated rings. The predicted molar refractivity (Wildman–Crippen MR) is 85.4 cm³/mol. The van der Waals surface area contributed by atoms with Crippen molar-refractivity contribution in [1.29, 1.82) is 0 Å². The third kappa shape index (κ3) is 6.08. The molecule has 0 N–H and O–H groups in total. The van der Waals surface area contributed by atoms with Gasteiger partial charge in [-0.1, -0.05) is 18.6 Å². The smallest absolute Gasteiger partial charge is 0.410 e. The maximum Gasteiger partial charge on any atom is 0.410 e. The summed E-state index contributed by atoms with van der Waals surface area (Å²) in [4.78, 5) is 13.9. The Bertz CT molecular complexity index is 370. The summed E-state index contributed by atoms with van der Waals surface area (Å²) in [7, 11) is 0. The summed E-state index contributed by atoms with van der Waals surface area (Å²) >= 11 is 0. The first-order chi connectivity index (χ1) is 9.67. The Morgan fingerprint density at radius 1 is 1.24 bits per heavy atom. The molecule has 0 bridgehead atoms. The highest BCUT2D eigenvalue weighted by Gasteiger charge is 2.36. The van der Waals surface area contributed by atoms with Crippen molar-refractivity contribution in [3.8, 4) is 0 Å². The van der Waals surface area contributed by atoms with E-state index < -0.39 is 5.60 Å². The first-order valence-electron chi connectivity index (χ1n) is 7.93. The van der Waals surface area contributed by atoms with Crippen molar-refractivity contribution in [2.45, 2.75) is 72.0 Å². The summed E-state index contributed by atoms with van der Waals surface area (Å²) in [6, 6.07) is 0. The van der Waals surface area contributed by atoms with E-state index in [-0.39, 0.29) is 11.7 Å². The van der Waals surface area contributed by atoms with Gasteiger partial charge in [0.2, 0.25) is 0 Å². The molecule has 0 aromatic heterocycles. The van der Waals surface area contributed by atoms with Crippen LogP contribution in [-0.4, -0.2) is 41.9 Å². The van der Waals surface area contributed by atoms with E-state index in [1.54, 1.807) is 4.90 Å². The van der Waals surface area contributed by atoms with E-state index >= 15 is 0 Å². The van der Waals surface area contributed by atoms with Crippen LogP contribution >= 0.6 is 0 Å². The molecule has 0 atom stereocenters. The molecule has 1 amide bonds. The molecule has 0 aromatic rings. The van der Waals surface area contributed by atoms with Crippen molar-refractivity contribution < 1.29 is 14.3 Å². The Balaban J connectivity index is 2.51. The molecule has 0 aromatic carbocycles. The van der Waals surface area contributed by atoms with Crippen molar-refractivity contribution in [2.24, 2.45) is 0 Å². The number of nitrogens with zero attached hydrogens (tertiary/aromatic N) is 1. The Morgan fingerprint density at radius 2 is 1.81 bits per heavy atom. The maximum absolute atomic E-state index is 12.1. The van der Waals surface area contributed by atoms with Gasteiger partial charge in [-0.15, -0.1) is 0 Å². The zero-order valence-corrected chi connectivity index (χ0v) is 14.5. The number of rotatable bonds is 4. The standard InChI is InChI=1S/C17H31NO3/c1-7-17(20-13-8-14(2)3)9-11-18(12-10-17)15(19)21-16(4,5)6/h8H,7,9-13H2,1-6H3. The highest BCUT2D eigenvalue weighted by atomic mass is 16.6. The third-order valence-corrected chi connectivity index (χ3v) is 3.85. The summed E-state index contributed by atoms with van der Waals surface area (Å²) < 4.78 is 11.5. The quantitative estimate of drug-likeness (QED) is 0.732. The second kappa shape index (κ2) is 7.30. The van der Waals surface area contributed by atoms with E-state index in [0.29, 0.717) is 19.7 Å². The molecule has 0 radical (unpaired) electrons. The lowest BCUT2D eigenvalue weighted by Gasteiger charge is -2.41. The number of piperidine rings is 1. The van der Waals surface area contributed by atoms with Crippen LogP contribution in [0.2, 0.25) is 0 Å². The molecule has 1 heterocycles. The van der Waals surface area contributed by atoms with Crippen LogP contribution in [0, 0.1) is 0 Å². The van der Waals surface area contributed by atoms with Crippen LogP contribution in [0.25, 0.3) is 0 Å². The summed E-state index contributed by atoms with van der Waals surface area (Å²) in [6.07, 6.45) is 4.62. The summed E-state index contributed by atoms with van der Waals surface area (Å²) in [5.41, 5.74) is 0.744. The van der Waals surface area contributed by atoms with Gasteiger partial charge in [0.15, 0.2) is 0 Å². The van der Waals surface area contributed by atoms with Crippen LogP contribution < -0.4 is 0 Å². The third-order valence-electron chi connectivity index (χ3n) is 3.85. The molecule has 122 valence electrons. The van der Waals surface area contributed by atoms with E-state index in [1.165, 1.54) is 5.57 Å². The molecule has 0 spiro atoms. The molecule has 21 heavy (non-hydrogen) atoms. The SMILES string of the molecule is CCC1(OCC=C(C)C)CCN(C(=O)OC(C)(C)C)CC1. The Hall–Kier alpha value is -1.03. The van der Waals surface area contributed by atoms with Crippen LogP contribution in [-0.2, 0) is 9.47 Å². The van der Waals surface area contributed by atoms with E-state index in [1.807, 2.05) is 20.8 Å². The van der Waals surface area contributed by atoms with Gasteiger partial charge in [0.1, 0.15) is 5.60 Å². The van der Waals surface area contributed by atoms with Gasteiger partial charge < -0.3 is 14.4 Å². The molecule has 4 heteroatoms. The van der Waals surface area contributed by atoms with Crippen molar-refractivity contribution in [2.75, 3.05) is 19.7 Å². The topological polar surface area (TPSA) is 38.8 Å². The van der Waals surface area contributed by atoms with E-state index in [2.05, 4.69) is 26.8 Å². The van der Waals surface area contributed by atoms with Crippen LogP contribution in [0.1, 0.15) is 60.8 Å². The summed E-state index contributed by atoms with van der Waals surface area (Å²) in [6.45, 7) is 14.1. The maximum atomic E-state index is 12.1. The van der Waals surface area contributed by atoms with Crippen LogP contribution in [0.4, 0.5) is 4.79 Å².